The third-order valence-corrected chi connectivity index (χ3v) is 6.79. The first-order valence-corrected chi connectivity index (χ1v) is 12.8. The zero-order chi connectivity index (χ0) is 23.3. The Morgan fingerprint density at radius 1 is 0.941 bits per heavy atom. The highest BCUT2D eigenvalue weighted by Crippen LogP contribution is 2.30. The van der Waals surface area contributed by atoms with Gasteiger partial charge < -0.3 is 9.88 Å². The van der Waals surface area contributed by atoms with Crippen LogP contribution in [0, 0.1) is 0 Å². The monoisotopic (exact) mass is 469 g/mol. The van der Waals surface area contributed by atoms with Crippen molar-refractivity contribution in [2.75, 3.05) is 12.0 Å². The molecule has 0 fully saturated rings. The Hall–Kier alpha value is -3.58. The largest absolute Gasteiger partial charge is 0.346 e. The van der Waals surface area contributed by atoms with E-state index in [2.05, 4.69) is 56.7 Å². The van der Waals surface area contributed by atoms with Crippen LogP contribution in [0.25, 0.3) is 16.4 Å². The van der Waals surface area contributed by atoms with Crippen LogP contribution in [0.2, 0.25) is 0 Å². The average Bonchev–Trinajstić information content (AvgIpc) is 3.55. The van der Waals surface area contributed by atoms with Crippen LogP contribution in [0.4, 0.5) is 0 Å². The molecule has 1 N–H and O–H groups in total. The summed E-state index contributed by atoms with van der Waals surface area (Å²) in [5.41, 5.74) is 1.92. The molecule has 5 aromatic rings. The van der Waals surface area contributed by atoms with Gasteiger partial charge >= 0.3 is 0 Å². The van der Waals surface area contributed by atoms with Crippen molar-refractivity contribution in [3.8, 4) is 0 Å². The van der Waals surface area contributed by atoms with Crippen LogP contribution < -0.4 is 5.32 Å². The summed E-state index contributed by atoms with van der Waals surface area (Å²) in [7, 11) is 0. The van der Waals surface area contributed by atoms with Crippen molar-refractivity contribution in [1.29, 1.82) is 0 Å². The van der Waals surface area contributed by atoms with Crippen molar-refractivity contribution in [2.45, 2.75) is 24.9 Å². The van der Waals surface area contributed by atoms with E-state index in [1.165, 1.54) is 10.8 Å². The van der Waals surface area contributed by atoms with Crippen molar-refractivity contribution in [3.05, 3.63) is 103 Å². The second-order valence-corrected chi connectivity index (χ2v) is 9.29. The summed E-state index contributed by atoms with van der Waals surface area (Å²) in [5.74, 6) is 1.67. The van der Waals surface area contributed by atoms with Crippen LogP contribution in [-0.4, -0.2) is 37.1 Å². The van der Waals surface area contributed by atoms with E-state index in [-0.39, 0.29) is 18.0 Å². The van der Waals surface area contributed by atoms with E-state index in [4.69, 9.17) is 0 Å². The van der Waals surface area contributed by atoms with Gasteiger partial charge in [0.2, 0.25) is 5.91 Å². The van der Waals surface area contributed by atoms with Gasteiger partial charge in [-0.25, -0.2) is 0 Å². The molecular formula is C27H27N5OS. The molecule has 1 amide bonds. The number of carbonyl (C=O) groups excluding carboxylic acids is 1. The summed E-state index contributed by atoms with van der Waals surface area (Å²) in [6, 6.07) is 24.1. The van der Waals surface area contributed by atoms with Crippen molar-refractivity contribution >= 4 is 34.1 Å². The SMILES string of the molecule is CSCCC(NC(=O)CC(c1cccc2ccccc12)n1cccc1)c1nnc2ccccn12. The lowest BCUT2D eigenvalue weighted by atomic mass is 9.96. The van der Waals surface area contributed by atoms with Crippen molar-refractivity contribution in [1.82, 2.24) is 24.5 Å². The molecule has 0 bridgehead atoms. The first-order chi connectivity index (χ1) is 16.7. The maximum atomic E-state index is 13.5. The lowest BCUT2D eigenvalue weighted by Crippen LogP contribution is -2.32. The molecule has 0 aliphatic rings. The van der Waals surface area contributed by atoms with Gasteiger partial charge in [-0.15, -0.1) is 10.2 Å². The highest BCUT2D eigenvalue weighted by molar-refractivity contribution is 7.98. The van der Waals surface area contributed by atoms with E-state index < -0.39 is 0 Å². The summed E-state index contributed by atoms with van der Waals surface area (Å²) in [4.78, 5) is 13.5. The minimum absolute atomic E-state index is 0.00887. The first-order valence-electron chi connectivity index (χ1n) is 11.4. The maximum Gasteiger partial charge on any atom is 0.223 e. The summed E-state index contributed by atoms with van der Waals surface area (Å²) in [5, 5.41) is 14.3. The number of carbonyl (C=O) groups is 1. The number of thioether (sulfide) groups is 1. The number of amides is 1. The van der Waals surface area contributed by atoms with Crippen LogP contribution in [-0.2, 0) is 4.79 Å². The van der Waals surface area contributed by atoms with Gasteiger partial charge in [-0.05, 0) is 59.0 Å². The normalized spacial score (nSPS) is 13.2. The molecule has 0 saturated heterocycles. The van der Waals surface area contributed by atoms with Gasteiger partial charge in [0.1, 0.15) is 0 Å². The second kappa shape index (κ2) is 10.1. The predicted molar refractivity (Wildman–Crippen MR) is 138 cm³/mol. The molecule has 3 heterocycles. The average molecular weight is 470 g/mol. The molecular weight excluding hydrogens is 442 g/mol. The molecule has 2 unspecified atom stereocenters. The number of aromatic nitrogens is 4. The molecule has 0 aliphatic carbocycles. The van der Waals surface area contributed by atoms with Gasteiger partial charge in [-0.3, -0.25) is 9.20 Å². The minimum atomic E-state index is -0.213. The molecule has 0 saturated carbocycles. The fraction of sp³-hybridized carbons (Fsp3) is 0.222. The van der Waals surface area contributed by atoms with Crippen LogP contribution in [0.5, 0.6) is 0 Å². The third kappa shape index (κ3) is 4.56. The smallest absolute Gasteiger partial charge is 0.223 e. The zero-order valence-corrected chi connectivity index (χ0v) is 19.9. The number of hydrogen-bond acceptors (Lipinski definition) is 4. The Morgan fingerprint density at radius 3 is 2.56 bits per heavy atom. The zero-order valence-electron chi connectivity index (χ0n) is 19.0. The minimum Gasteiger partial charge on any atom is -0.346 e. The number of nitrogens with one attached hydrogen (secondary N) is 1. The molecule has 0 aliphatic heterocycles. The molecule has 5 rings (SSSR count). The summed E-state index contributed by atoms with van der Waals surface area (Å²) < 4.78 is 4.07. The topological polar surface area (TPSA) is 64.2 Å². The predicted octanol–water partition coefficient (Wildman–Crippen LogP) is 5.27. The quantitative estimate of drug-likeness (QED) is 0.319. The Bertz CT molecular complexity index is 1390. The number of fused-ring (bicyclic) bond motifs is 2. The number of nitrogens with zero attached hydrogens (tertiary/aromatic N) is 4. The van der Waals surface area contributed by atoms with Crippen LogP contribution in [0.1, 0.15) is 36.3 Å². The van der Waals surface area contributed by atoms with Gasteiger partial charge in [-0.1, -0.05) is 48.5 Å². The molecule has 2 aromatic carbocycles. The standard InChI is InChI=1S/C27H27N5OS/c1-34-18-14-23(27-30-29-25-13-4-5-17-32(25)27)28-26(33)19-24(31-15-6-7-16-31)22-12-8-10-20-9-2-3-11-21(20)22/h2-13,15-17,23-24H,14,18-19H2,1H3,(H,28,33). The molecule has 3 aromatic heterocycles. The van der Waals surface area contributed by atoms with Gasteiger partial charge in [0.25, 0.3) is 0 Å². The molecule has 34 heavy (non-hydrogen) atoms. The number of benzene rings is 2. The highest BCUT2D eigenvalue weighted by Gasteiger charge is 2.24. The molecule has 0 spiro atoms. The fourth-order valence-electron chi connectivity index (χ4n) is 4.50. The van der Waals surface area contributed by atoms with Crippen LogP contribution >= 0.6 is 11.8 Å². The van der Waals surface area contributed by atoms with E-state index in [0.29, 0.717) is 6.42 Å². The summed E-state index contributed by atoms with van der Waals surface area (Å²) >= 11 is 1.76. The molecule has 7 heteroatoms. The van der Waals surface area contributed by atoms with Crippen molar-refractivity contribution in [2.24, 2.45) is 0 Å². The van der Waals surface area contributed by atoms with E-state index in [1.807, 2.05) is 65.5 Å². The lowest BCUT2D eigenvalue weighted by molar-refractivity contribution is -0.122. The molecule has 6 nitrogen and oxygen atoms in total. The second-order valence-electron chi connectivity index (χ2n) is 8.31. The molecule has 0 radical (unpaired) electrons. The first kappa shape index (κ1) is 22.2. The maximum absolute atomic E-state index is 13.5. The van der Waals surface area contributed by atoms with Gasteiger partial charge in [-0.2, -0.15) is 11.8 Å². The lowest BCUT2D eigenvalue weighted by Gasteiger charge is -2.23. The Labute approximate surface area is 203 Å². The van der Waals surface area contributed by atoms with Gasteiger partial charge in [0.05, 0.1) is 18.5 Å². The molecule has 2 atom stereocenters. The summed E-state index contributed by atoms with van der Waals surface area (Å²) in [6.45, 7) is 0. The van der Waals surface area contributed by atoms with Gasteiger partial charge in [0.15, 0.2) is 11.5 Å². The van der Waals surface area contributed by atoms with Crippen LogP contribution in [0.3, 0.4) is 0 Å². The highest BCUT2D eigenvalue weighted by atomic mass is 32.2. The van der Waals surface area contributed by atoms with E-state index >= 15 is 0 Å². The van der Waals surface area contributed by atoms with E-state index in [9.17, 15) is 4.79 Å². The van der Waals surface area contributed by atoms with E-state index in [1.54, 1.807) is 11.8 Å². The van der Waals surface area contributed by atoms with Crippen molar-refractivity contribution < 1.29 is 4.79 Å². The number of hydrogen-bond donors (Lipinski definition) is 1. The van der Waals surface area contributed by atoms with E-state index in [0.717, 1.165) is 29.2 Å². The molecule has 172 valence electrons. The Kier molecular flexibility index (Phi) is 6.62. The number of pyridine rings is 1. The van der Waals surface area contributed by atoms with Crippen molar-refractivity contribution in [3.63, 3.8) is 0 Å². The Morgan fingerprint density at radius 2 is 1.71 bits per heavy atom. The van der Waals surface area contributed by atoms with Crippen LogP contribution in [0.15, 0.2) is 91.4 Å². The Balaban J connectivity index is 1.44. The number of rotatable bonds is 9. The fourth-order valence-corrected chi connectivity index (χ4v) is 4.97. The summed E-state index contributed by atoms with van der Waals surface area (Å²) in [6.07, 6.45) is 9.18. The van der Waals surface area contributed by atoms with Gasteiger partial charge in [0, 0.05) is 18.6 Å². The third-order valence-electron chi connectivity index (χ3n) is 6.15.